The number of unbranched alkanes of at least 4 members (excludes halogenated alkanes) is 1. The fourth-order valence-corrected chi connectivity index (χ4v) is 2.46. The summed E-state index contributed by atoms with van der Waals surface area (Å²) in [6, 6.07) is 6.98. The topological polar surface area (TPSA) is 66.4 Å². The largest absolute Gasteiger partial charge is 0.481 e. The Bertz CT molecular complexity index is 490. The van der Waals surface area contributed by atoms with Crippen LogP contribution < -0.4 is 5.32 Å². The van der Waals surface area contributed by atoms with Gasteiger partial charge >= 0.3 is 5.97 Å². The van der Waals surface area contributed by atoms with E-state index in [9.17, 15) is 14.7 Å². The molecule has 0 bridgehead atoms. The molecule has 116 valence electrons. The van der Waals surface area contributed by atoms with E-state index in [1.54, 1.807) is 31.2 Å². The zero-order valence-corrected chi connectivity index (χ0v) is 13.2. The van der Waals surface area contributed by atoms with Gasteiger partial charge in [-0.15, -0.1) is 0 Å². The van der Waals surface area contributed by atoms with Crippen molar-refractivity contribution in [2.24, 2.45) is 11.8 Å². The van der Waals surface area contributed by atoms with Crippen molar-refractivity contribution in [1.29, 1.82) is 0 Å². The highest BCUT2D eigenvalue weighted by Gasteiger charge is 2.26. The number of para-hydroxylation sites is 1. The number of carboxylic acid groups (broad SMARTS) is 1. The van der Waals surface area contributed by atoms with Gasteiger partial charge in [-0.1, -0.05) is 50.4 Å². The average molecular weight is 312 g/mol. The van der Waals surface area contributed by atoms with E-state index in [0.29, 0.717) is 17.1 Å². The summed E-state index contributed by atoms with van der Waals surface area (Å²) in [5, 5.41) is 12.5. The molecule has 0 saturated carbocycles. The van der Waals surface area contributed by atoms with Gasteiger partial charge < -0.3 is 10.4 Å². The quantitative estimate of drug-likeness (QED) is 0.756. The monoisotopic (exact) mass is 311 g/mol. The van der Waals surface area contributed by atoms with Crippen molar-refractivity contribution in [2.45, 2.75) is 39.5 Å². The van der Waals surface area contributed by atoms with Crippen LogP contribution in [0.5, 0.6) is 0 Å². The number of hydrogen-bond donors (Lipinski definition) is 2. The fourth-order valence-electron chi connectivity index (χ4n) is 2.27. The Morgan fingerprint density at radius 3 is 2.57 bits per heavy atom. The summed E-state index contributed by atoms with van der Waals surface area (Å²) >= 11 is 5.98. The molecule has 21 heavy (non-hydrogen) atoms. The van der Waals surface area contributed by atoms with Crippen molar-refractivity contribution in [2.75, 3.05) is 5.32 Å². The summed E-state index contributed by atoms with van der Waals surface area (Å²) < 4.78 is 0. The van der Waals surface area contributed by atoms with Gasteiger partial charge in [0.15, 0.2) is 0 Å². The van der Waals surface area contributed by atoms with Gasteiger partial charge in [0.05, 0.1) is 16.6 Å². The van der Waals surface area contributed by atoms with Gasteiger partial charge in [-0.25, -0.2) is 0 Å². The number of rotatable bonds is 8. The van der Waals surface area contributed by atoms with Gasteiger partial charge in [-0.3, -0.25) is 9.59 Å². The molecule has 0 saturated heterocycles. The molecule has 4 nitrogen and oxygen atoms in total. The van der Waals surface area contributed by atoms with E-state index in [-0.39, 0.29) is 18.2 Å². The summed E-state index contributed by atoms with van der Waals surface area (Å²) in [4.78, 5) is 23.3. The van der Waals surface area contributed by atoms with Crippen LogP contribution in [0.15, 0.2) is 24.3 Å². The lowest BCUT2D eigenvalue weighted by molar-refractivity contribution is -0.144. The number of halogens is 1. The number of aliphatic carboxylic acids is 1. The molecule has 0 fully saturated rings. The molecule has 1 rings (SSSR count). The highest BCUT2D eigenvalue weighted by molar-refractivity contribution is 6.33. The number of amides is 1. The van der Waals surface area contributed by atoms with Crippen LogP contribution in [0, 0.1) is 11.8 Å². The summed E-state index contributed by atoms with van der Waals surface area (Å²) in [5.74, 6) is -1.74. The Morgan fingerprint density at radius 1 is 1.33 bits per heavy atom. The second-order valence-electron chi connectivity index (χ2n) is 5.30. The van der Waals surface area contributed by atoms with Gasteiger partial charge in [-0.2, -0.15) is 0 Å². The van der Waals surface area contributed by atoms with Crippen LogP contribution in [-0.4, -0.2) is 17.0 Å². The molecule has 0 aliphatic rings. The second kappa shape index (κ2) is 8.67. The van der Waals surface area contributed by atoms with Gasteiger partial charge in [0.1, 0.15) is 0 Å². The van der Waals surface area contributed by atoms with E-state index in [4.69, 9.17) is 11.6 Å². The predicted octanol–water partition coefficient (Wildman–Crippen LogP) is 4.20. The molecular formula is C16H22ClNO3. The zero-order chi connectivity index (χ0) is 15.8. The van der Waals surface area contributed by atoms with Crippen LogP contribution in [0.4, 0.5) is 5.69 Å². The molecule has 0 unspecified atom stereocenters. The molecule has 1 amide bonds. The van der Waals surface area contributed by atoms with Crippen LogP contribution in [-0.2, 0) is 9.59 Å². The summed E-state index contributed by atoms with van der Waals surface area (Å²) in [6.45, 7) is 3.83. The number of carbonyl (C=O) groups is 2. The van der Waals surface area contributed by atoms with Crippen molar-refractivity contribution in [1.82, 2.24) is 0 Å². The van der Waals surface area contributed by atoms with Crippen LogP contribution in [0.25, 0.3) is 0 Å². The molecule has 0 heterocycles. The smallest absolute Gasteiger partial charge is 0.306 e. The number of carboxylic acids is 1. The normalized spacial score (nSPS) is 13.5. The summed E-state index contributed by atoms with van der Waals surface area (Å²) in [5.41, 5.74) is 0.553. The third-order valence-corrected chi connectivity index (χ3v) is 3.86. The highest BCUT2D eigenvalue weighted by Crippen LogP contribution is 2.24. The van der Waals surface area contributed by atoms with Gasteiger partial charge in [-0.05, 0) is 24.5 Å². The van der Waals surface area contributed by atoms with Crippen molar-refractivity contribution >= 4 is 29.2 Å². The molecule has 0 aliphatic heterocycles. The van der Waals surface area contributed by atoms with E-state index in [0.717, 1.165) is 12.8 Å². The maximum Gasteiger partial charge on any atom is 0.306 e. The van der Waals surface area contributed by atoms with Crippen LogP contribution in [0.1, 0.15) is 39.5 Å². The minimum absolute atomic E-state index is 0.173. The average Bonchev–Trinajstić information content (AvgIpc) is 2.41. The Balaban J connectivity index is 2.60. The van der Waals surface area contributed by atoms with Crippen molar-refractivity contribution < 1.29 is 14.7 Å². The SMILES string of the molecule is CCCC[C@H](C(=O)O)[C@@H](C)CC(=O)Nc1ccccc1Cl. The molecule has 0 aliphatic carbocycles. The number of nitrogens with one attached hydrogen (secondary N) is 1. The zero-order valence-electron chi connectivity index (χ0n) is 12.4. The van der Waals surface area contributed by atoms with E-state index in [2.05, 4.69) is 5.32 Å². The first-order valence-electron chi connectivity index (χ1n) is 7.22. The Kier molecular flexibility index (Phi) is 7.23. The second-order valence-corrected chi connectivity index (χ2v) is 5.70. The summed E-state index contributed by atoms with van der Waals surface area (Å²) in [7, 11) is 0. The van der Waals surface area contributed by atoms with E-state index < -0.39 is 11.9 Å². The molecule has 1 aromatic carbocycles. The maximum absolute atomic E-state index is 12.0. The number of anilines is 1. The summed E-state index contributed by atoms with van der Waals surface area (Å²) in [6.07, 6.45) is 2.58. The Hall–Kier alpha value is -1.55. The third kappa shape index (κ3) is 5.76. The van der Waals surface area contributed by atoms with Crippen molar-refractivity contribution in [3.05, 3.63) is 29.3 Å². The van der Waals surface area contributed by atoms with Crippen LogP contribution >= 0.6 is 11.6 Å². The molecule has 2 N–H and O–H groups in total. The van der Waals surface area contributed by atoms with E-state index in [1.165, 1.54) is 0 Å². The Labute approximate surface area is 130 Å². The van der Waals surface area contributed by atoms with E-state index in [1.807, 2.05) is 6.92 Å². The lowest BCUT2D eigenvalue weighted by atomic mass is 9.87. The Morgan fingerprint density at radius 2 is 2.00 bits per heavy atom. The number of carbonyl (C=O) groups excluding carboxylic acids is 1. The maximum atomic E-state index is 12.0. The highest BCUT2D eigenvalue weighted by atomic mass is 35.5. The molecule has 5 heteroatoms. The predicted molar refractivity (Wildman–Crippen MR) is 84.5 cm³/mol. The fraction of sp³-hybridized carbons (Fsp3) is 0.500. The minimum Gasteiger partial charge on any atom is -0.481 e. The van der Waals surface area contributed by atoms with Gasteiger partial charge in [0.25, 0.3) is 0 Å². The minimum atomic E-state index is -0.832. The molecule has 0 radical (unpaired) electrons. The lowest BCUT2D eigenvalue weighted by Gasteiger charge is -2.19. The molecule has 0 spiro atoms. The number of hydrogen-bond acceptors (Lipinski definition) is 2. The van der Waals surface area contributed by atoms with Crippen LogP contribution in [0.3, 0.4) is 0 Å². The lowest BCUT2D eigenvalue weighted by Crippen LogP contribution is -2.26. The number of benzene rings is 1. The molecule has 1 aromatic rings. The van der Waals surface area contributed by atoms with Gasteiger partial charge in [0, 0.05) is 6.42 Å². The standard InChI is InChI=1S/C16H22ClNO3/c1-3-4-7-12(16(20)21)11(2)10-15(19)18-14-9-6-5-8-13(14)17/h5-6,8-9,11-12H,3-4,7,10H2,1-2H3,(H,18,19)(H,20,21)/t11-,12-/m0/s1. The molecule has 2 atom stereocenters. The first kappa shape index (κ1) is 17.5. The first-order valence-corrected chi connectivity index (χ1v) is 7.60. The third-order valence-electron chi connectivity index (χ3n) is 3.53. The van der Waals surface area contributed by atoms with Crippen molar-refractivity contribution in [3.8, 4) is 0 Å². The van der Waals surface area contributed by atoms with E-state index >= 15 is 0 Å². The van der Waals surface area contributed by atoms with Gasteiger partial charge in [0.2, 0.25) is 5.91 Å². The van der Waals surface area contributed by atoms with Crippen molar-refractivity contribution in [3.63, 3.8) is 0 Å². The van der Waals surface area contributed by atoms with Crippen LogP contribution in [0.2, 0.25) is 5.02 Å². The molecule has 0 aromatic heterocycles. The first-order chi connectivity index (χ1) is 9.95. The molecular weight excluding hydrogens is 290 g/mol.